The van der Waals surface area contributed by atoms with E-state index in [2.05, 4.69) is 0 Å². The van der Waals surface area contributed by atoms with E-state index in [9.17, 15) is 22.8 Å². The van der Waals surface area contributed by atoms with Crippen LogP contribution in [0.5, 0.6) is 0 Å². The average Bonchev–Trinajstić information content (AvgIpc) is 2.44. The Morgan fingerprint density at radius 2 is 1.78 bits per heavy atom. The Kier molecular flexibility index (Phi) is 2.31. The van der Waals surface area contributed by atoms with Crippen molar-refractivity contribution in [2.75, 3.05) is 0 Å². The average molecular weight is 267 g/mol. The highest BCUT2D eigenvalue weighted by molar-refractivity contribution is 5.86. The van der Waals surface area contributed by atoms with Crippen LogP contribution in [-0.2, 0) is 14.3 Å². The quantitative estimate of drug-likeness (QED) is 0.777. The molecule has 0 radical (unpaired) electrons. The lowest BCUT2D eigenvalue weighted by Gasteiger charge is -2.45. The number of aliphatic carboxylic acids is 1. The van der Waals surface area contributed by atoms with Gasteiger partial charge >= 0.3 is 18.1 Å². The molecule has 3 fully saturated rings. The Balaban J connectivity index is 2.21. The predicted octanol–water partition coefficient (Wildman–Crippen LogP) is 0.830. The molecule has 102 valence electrons. The molecule has 2 N–H and O–H groups in total. The monoisotopic (exact) mass is 267 g/mol. The summed E-state index contributed by atoms with van der Waals surface area (Å²) >= 11 is 0. The van der Waals surface area contributed by atoms with Gasteiger partial charge in [-0.2, -0.15) is 13.2 Å². The number of carboxylic acids is 1. The maximum absolute atomic E-state index is 12.2. The molecule has 3 aliphatic rings. The predicted molar refractivity (Wildman–Crippen MR) is 51.7 cm³/mol. The van der Waals surface area contributed by atoms with Crippen molar-refractivity contribution in [2.24, 2.45) is 0 Å². The van der Waals surface area contributed by atoms with Crippen molar-refractivity contribution in [3.05, 3.63) is 0 Å². The Hall–Kier alpha value is -1.31. The van der Waals surface area contributed by atoms with Crippen molar-refractivity contribution in [1.29, 1.82) is 0 Å². The third-order valence-electron chi connectivity index (χ3n) is 3.78. The summed E-state index contributed by atoms with van der Waals surface area (Å²) in [6, 6.07) is 0. The molecule has 1 aliphatic carbocycles. The standard InChI is InChI=1S/C10H12F3NO4/c1-7(2)9(14-5(15)10(11,12)13)3-8(4-9,18-7)6(16)17/h3-4H2,1-2H3,(H,14,15)(H,16,17). The van der Waals surface area contributed by atoms with Crippen molar-refractivity contribution in [2.45, 2.75) is 49.6 Å². The molecule has 0 aromatic rings. The van der Waals surface area contributed by atoms with Crippen LogP contribution in [0.4, 0.5) is 13.2 Å². The van der Waals surface area contributed by atoms with Gasteiger partial charge in [0.25, 0.3) is 0 Å². The first kappa shape index (κ1) is 13.1. The van der Waals surface area contributed by atoms with E-state index >= 15 is 0 Å². The van der Waals surface area contributed by atoms with Crippen LogP contribution >= 0.6 is 0 Å². The van der Waals surface area contributed by atoms with E-state index in [-0.39, 0.29) is 12.8 Å². The summed E-state index contributed by atoms with van der Waals surface area (Å²) in [6.45, 7) is 2.95. The molecular weight excluding hydrogens is 255 g/mol. The summed E-state index contributed by atoms with van der Waals surface area (Å²) in [5.74, 6) is -3.29. The number of carbonyl (C=O) groups is 2. The maximum Gasteiger partial charge on any atom is 0.471 e. The summed E-state index contributed by atoms with van der Waals surface area (Å²) in [5.41, 5.74) is -3.88. The van der Waals surface area contributed by atoms with Crippen LogP contribution < -0.4 is 5.32 Å². The van der Waals surface area contributed by atoms with Crippen molar-refractivity contribution in [3.8, 4) is 0 Å². The van der Waals surface area contributed by atoms with Crippen LogP contribution in [0.2, 0.25) is 0 Å². The molecule has 0 atom stereocenters. The lowest BCUT2D eigenvalue weighted by Crippen LogP contribution is -2.67. The molecule has 5 nitrogen and oxygen atoms in total. The topological polar surface area (TPSA) is 75.6 Å². The number of alkyl halides is 3. The summed E-state index contributed by atoms with van der Waals surface area (Å²) in [4.78, 5) is 22.0. The highest BCUT2D eigenvalue weighted by Crippen LogP contribution is 2.60. The van der Waals surface area contributed by atoms with Crippen LogP contribution in [0.15, 0.2) is 0 Å². The molecule has 18 heavy (non-hydrogen) atoms. The summed E-state index contributed by atoms with van der Waals surface area (Å²) in [5, 5.41) is 10.9. The number of ether oxygens (including phenoxy) is 1. The van der Waals surface area contributed by atoms with Crippen LogP contribution in [0.3, 0.4) is 0 Å². The van der Waals surface area contributed by atoms with Crippen molar-refractivity contribution >= 4 is 11.9 Å². The minimum atomic E-state index is -4.99. The lowest BCUT2D eigenvalue weighted by atomic mass is 9.62. The molecule has 0 aromatic carbocycles. The number of fused-ring (bicyclic) bond motifs is 1. The fourth-order valence-electron chi connectivity index (χ4n) is 2.73. The number of nitrogens with one attached hydrogen (secondary N) is 1. The molecule has 2 bridgehead atoms. The van der Waals surface area contributed by atoms with Crippen LogP contribution in [0.25, 0.3) is 0 Å². The van der Waals surface area contributed by atoms with E-state index in [0.717, 1.165) is 0 Å². The Labute approximate surface area is 100 Å². The minimum Gasteiger partial charge on any atom is -0.479 e. The second-order valence-corrected chi connectivity index (χ2v) is 5.30. The second-order valence-electron chi connectivity index (χ2n) is 5.30. The zero-order valence-electron chi connectivity index (χ0n) is 9.72. The van der Waals surface area contributed by atoms with Crippen LogP contribution in [-0.4, -0.2) is 39.9 Å². The fraction of sp³-hybridized carbons (Fsp3) is 0.800. The van der Waals surface area contributed by atoms with Gasteiger partial charge in [-0.1, -0.05) is 0 Å². The van der Waals surface area contributed by atoms with E-state index in [0.29, 0.717) is 0 Å². The van der Waals surface area contributed by atoms with E-state index in [1.54, 1.807) is 0 Å². The third-order valence-corrected chi connectivity index (χ3v) is 3.78. The number of carboxylic acid groups (broad SMARTS) is 1. The first-order valence-electron chi connectivity index (χ1n) is 5.27. The highest BCUT2D eigenvalue weighted by Gasteiger charge is 2.76. The second kappa shape index (κ2) is 3.17. The molecule has 1 saturated carbocycles. The molecule has 2 saturated heterocycles. The SMILES string of the molecule is CC1(C)OC2(C(=O)O)CC1(NC(=O)C(F)(F)F)C2. The van der Waals surface area contributed by atoms with Crippen molar-refractivity contribution < 1.29 is 32.6 Å². The molecule has 3 rings (SSSR count). The van der Waals surface area contributed by atoms with Crippen LogP contribution in [0.1, 0.15) is 26.7 Å². The number of carbonyl (C=O) groups excluding carboxylic acids is 1. The van der Waals surface area contributed by atoms with Gasteiger partial charge in [-0.3, -0.25) is 4.79 Å². The number of halogens is 3. The molecule has 8 heteroatoms. The van der Waals surface area contributed by atoms with Crippen molar-refractivity contribution in [1.82, 2.24) is 5.32 Å². The Morgan fingerprint density at radius 3 is 2.11 bits per heavy atom. The van der Waals surface area contributed by atoms with Gasteiger partial charge in [0, 0.05) is 12.8 Å². The van der Waals surface area contributed by atoms with Gasteiger partial charge in [0.05, 0.1) is 11.1 Å². The van der Waals surface area contributed by atoms with Gasteiger partial charge in [-0.25, -0.2) is 4.79 Å². The first-order valence-corrected chi connectivity index (χ1v) is 5.27. The molecule has 2 heterocycles. The minimum absolute atomic E-state index is 0.149. The van der Waals surface area contributed by atoms with Gasteiger partial charge in [-0.15, -0.1) is 0 Å². The van der Waals surface area contributed by atoms with E-state index in [1.165, 1.54) is 13.8 Å². The smallest absolute Gasteiger partial charge is 0.471 e. The number of hydrogen-bond donors (Lipinski definition) is 2. The third kappa shape index (κ3) is 1.51. The van der Waals surface area contributed by atoms with Gasteiger partial charge in [0.1, 0.15) is 0 Å². The highest BCUT2D eigenvalue weighted by atomic mass is 19.4. The van der Waals surface area contributed by atoms with Crippen molar-refractivity contribution in [3.63, 3.8) is 0 Å². The van der Waals surface area contributed by atoms with Gasteiger partial charge in [-0.05, 0) is 13.8 Å². The Morgan fingerprint density at radius 1 is 1.28 bits per heavy atom. The van der Waals surface area contributed by atoms with Crippen LogP contribution in [0, 0.1) is 0 Å². The normalized spacial score (nSPS) is 36.9. The largest absolute Gasteiger partial charge is 0.479 e. The zero-order chi connectivity index (χ0) is 14.0. The summed E-state index contributed by atoms with van der Waals surface area (Å²) in [7, 11) is 0. The first-order chi connectivity index (χ1) is 7.94. The molecule has 0 unspecified atom stereocenters. The maximum atomic E-state index is 12.2. The zero-order valence-corrected chi connectivity index (χ0v) is 9.72. The van der Waals surface area contributed by atoms with Gasteiger partial charge < -0.3 is 15.2 Å². The molecule has 1 amide bonds. The molecule has 2 aliphatic heterocycles. The molecule has 0 spiro atoms. The van der Waals surface area contributed by atoms with Gasteiger partial charge in [0.15, 0.2) is 5.60 Å². The number of amides is 1. The number of rotatable bonds is 2. The lowest BCUT2D eigenvalue weighted by molar-refractivity contribution is -0.178. The summed E-state index contributed by atoms with van der Waals surface area (Å²) < 4.78 is 42.0. The van der Waals surface area contributed by atoms with Gasteiger partial charge in [0.2, 0.25) is 0 Å². The molecule has 0 aromatic heterocycles. The van der Waals surface area contributed by atoms with E-state index < -0.39 is 34.8 Å². The van der Waals surface area contributed by atoms with E-state index in [1.807, 2.05) is 5.32 Å². The van der Waals surface area contributed by atoms with E-state index in [4.69, 9.17) is 9.84 Å². The fourth-order valence-corrected chi connectivity index (χ4v) is 2.73. The summed E-state index contributed by atoms with van der Waals surface area (Å²) in [6.07, 6.45) is -5.29. The Bertz CT molecular complexity index is 423. The number of hydrogen-bond acceptors (Lipinski definition) is 3. The molecular formula is C10H12F3NO4.